The Labute approximate surface area is 317 Å². The van der Waals surface area contributed by atoms with E-state index in [1.54, 1.807) is 25.5 Å². The van der Waals surface area contributed by atoms with Gasteiger partial charge in [-0.15, -0.1) is 11.3 Å². The highest BCUT2D eigenvalue weighted by atomic mass is 32.1. The van der Waals surface area contributed by atoms with Crippen LogP contribution in [0.4, 0.5) is 26.3 Å². The van der Waals surface area contributed by atoms with Crippen LogP contribution < -0.4 is 4.57 Å². The first-order valence-electron chi connectivity index (χ1n) is 18.0. The van der Waals surface area contributed by atoms with Crippen LogP contribution in [0.15, 0.2) is 60.8 Å². The van der Waals surface area contributed by atoms with Gasteiger partial charge in [0.1, 0.15) is 4.70 Å². The van der Waals surface area contributed by atoms with Crippen molar-refractivity contribution >= 4 is 32.2 Å². The lowest BCUT2D eigenvalue weighted by Gasteiger charge is -2.48. The predicted molar refractivity (Wildman–Crippen MR) is 207 cm³/mol. The molecule has 1 aliphatic rings. The molecule has 2 aromatic heterocycles. The normalized spacial score (nSPS) is 19.1. The van der Waals surface area contributed by atoms with E-state index < -0.39 is 41.4 Å². The summed E-state index contributed by atoms with van der Waals surface area (Å²) in [5.74, 6) is -3.77. The number of aliphatic hydroxyl groups is 1. The number of methoxy groups -OCH3 is 1. The molecule has 2 atom stereocenters. The number of aliphatic hydroxyl groups excluding tert-OH is 1. The first kappa shape index (κ1) is 39.9. The number of pyridine rings is 1. The van der Waals surface area contributed by atoms with Crippen molar-refractivity contribution in [3.63, 3.8) is 0 Å². The molecule has 6 rings (SSSR count). The number of ether oxygens (including phenoxy) is 1. The Bertz CT molecular complexity index is 2290. The molecule has 3 nitrogen and oxygen atoms in total. The quantitative estimate of drug-likeness (QED) is 0.102. The van der Waals surface area contributed by atoms with Crippen molar-refractivity contribution in [2.24, 2.45) is 0 Å². The summed E-state index contributed by atoms with van der Waals surface area (Å²) in [5.41, 5.74) is 3.51. The largest absolute Gasteiger partial charge is 0.404 e. The van der Waals surface area contributed by atoms with Crippen molar-refractivity contribution in [3.8, 4) is 21.7 Å². The lowest BCUT2D eigenvalue weighted by molar-refractivity contribution is -0.754. The van der Waals surface area contributed by atoms with Crippen LogP contribution in [0.5, 0.6) is 0 Å². The van der Waals surface area contributed by atoms with Crippen LogP contribution in [0.1, 0.15) is 85.9 Å². The van der Waals surface area contributed by atoms with E-state index in [0.717, 1.165) is 55.9 Å². The fraction of sp³-hybridized carbons (Fsp3) is 0.432. The van der Waals surface area contributed by atoms with Gasteiger partial charge in [-0.25, -0.2) is 0 Å². The maximum Gasteiger partial charge on any atom is 0.404 e. The van der Waals surface area contributed by atoms with E-state index in [-0.39, 0.29) is 23.0 Å². The summed E-state index contributed by atoms with van der Waals surface area (Å²) in [4.78, 5) is 0.618. The van der Waals surface area contributed by atoms with Gasteiger partial charge >= 0.3 is 12.4 Å². The molecule has 0 aliphatic carbocycles. The Morgan fingerprint density at radius 3 is 2.02 bits per heavy atom. The third kappa shape index (κ3) is 5.89. The molecule has 3 aromatic carbocycles. The van der Waals surface area contributed by atoms with Crippen molar-refractivity contribution in [1.82, 2.24) is 0 Å². The SMILES string of the molecule is C=C(CO)C1(C)[n+]2cc(C(C(F)(F)F)C(F)(F)F)c3c(C)c(-c4c(C)cc(C)cc4C)sc3c2-c2cc(C(C)(C)C)c3ccccc3c2C1(C)CCOC. The number of aromatic nitrogens is 1. The van der Waals surface area contributed by atoms with Crippen molar-refractivity contribution in [2.75, 3.05) is 20.3 Å². The monoisotopic (exact) mass is 768 g/mol. The van der Waals surface area contributed by atoms with E-state index >= 15 is 26.3 Å². The first-order chi connectivity index (χ1) is 24.9. The molecule has 0 radical (unpaired) electrons. The Morgan fingerprint density at radius 1 is 0.926 bits per heavy atom. The lowest BCUT2D eigenvalue weighted by atomic mass is 9.57. The molecule has 0 fully saturated rings. The van der Waals surface area contributed by atoms with Crippen LogP contribution in [0.25, 0.3) is 42.6 Å². The summed E-state index contributed by atoms with van der Waals surface area (Å²) in [6.07, 6.45) is -9.92. The van der Waals surface area contributed by atoms with E-state index in [2.05, 4.69) is 39.5 Å². The van der Waals surface area contributed by atoms with Gasteiger partial charge in [0.25, 0.3) is 0 Å². The highest BCUT2D eigenvalue weighted by Gasteiger charge is 2.64. The third-order valence-electron chi connectivity index (χ3n) is 11.9. The summed E-state index contributed by atoms with van der Waals surface area (Å²) in [7, 11) is 1.55. The van der Waals surface area contributed by atoms with E-state index in [0.29, 0.717) is 27.3 Å². The summed E-state index contributed by atoms with van der Waals surface area (Å²) >= 11 is 1.23. The number of thiophene rings is 1. The number of hydrogen-bond donors (Lipinski definition) is 1. The van der Waals surface area contributed by atoms with Gasteiger partial charge in [0.2, 0.25) is 5.69 Å². The number of hydrogen-bond acceptors (Lipinski definition) is 3. The summed E-state index contributed by atoms with van der Waals surface area (Å²) < 4.78 is 97.7. The molecule has 0 bridgehead atoms. The molecule has 0 saturated heterocycles. The van der Waals surface area contributed by atoms with E-state index in [9.17, 15) is 5.11 Å². The second kappa shape index (κ2) is 13.2. The van der Waals surface area contributed by atoms with Crippen molar-refractivity contribution in [2.45, 2.75) is 103 Å². The maximum atomic E-state index is 15.0. The fourth-order valence-electron chi connectivity index (χ4n) is 9.22. The third-order valence-corrected chi connectivity index (χ3v) is 13.2. The van der Waals surface area contributed by atoms with Gasteiger partial charge < -0.3 is 9.84 Å². The molecular formula is C44H48F6NO2S+. The van der Waals surface area contributed by atoms with Crippen LogP contribution in [0.3, 0.4) is 0 Å². The number of nitrogens with zero attached hydrogens (tertiary/aromatic N) is 1. The second-order valence-corrected chi connectivity index (χ2v) is 17.4. The molecule has 1 aliphatic heterocycles. The van der Waals surface area contributed by atoms with Gasteiger partial charge in [-0.1, -0.05) is 69.3 Å². The molecule has 0 spiro atoms. The predicted octanol–water partition coefficient (Wildman–Crippen LogP) is 12.0. The smallest absolute Gasteiger partial charge is 0.392 e. The fourth-order valence-corrected chi connectivity index (χ4v) is 10.8. The summed E-state index contributed by atoms with van der Waals surface area (Å²) in [6.45, 7) is 21.4. The minimum Gasteiger partial charge on any atom is -0.392 e. The Balaban J connectivity index is 1.98. The highest BCUT2D eigenvalue weighted by Crippen LogP contribution is 2.59. The Hall–Kier alpha value is -3.73. The molecule has 2 unspecified atom stereocenters. The Kier molecular flexibility index (Phi) is 9.76. The van der Waals surface area contributed by atoms with Gasteiger partial charge in [-0.05, 0) is 96.7 Å². The molecule has 288 valence electrons. The number of aryl methyl sites for hydroxylation is 4. The summed E-state index contributed by atoms with van der Waals surface area (Å²) in [5, 5.41) is 12.7. The molecule has 3 heterocycles. The topological polar surface area (TPSA) is 33.3 Å². The Morgan fingerprint density at radius 2 is 1.50 bits per heavy atom. The number of fused-ring (bicyclic) bond motifs is 7. The number of benzene rings is 3. The minimum atomic E-state index is -5.66. The minimum absolute atomic E-state index is 0.0610. The van der Waals surface area contributed by atoms with Crippen molar-refractivity contribution in [1.29, 1.82) is 0 Å². The zero-order valence-corrected chi connectivity index (χ0v) is 33.3. The van der Waals surface area contributed by atoms with Crippen LogP contribution in [-0.2, 0) is 21.1 Å². The average Bonchev–Trinajstić information content (AvgIpc) is 3.39. The molecule has 1 N–H and O–H groups in total. The van der Waals surface area contributed by atoms with Gasteiger partial charge in [0, 0.05) is 42.0 Å². The molecule has 0 saturated carbocycles. The van der Waals surface area contributed by atoms with Crippen LogP contribution in [0.2, 0.25) is 0 Å². The molecule has 54 heavy (non-hydrogen) atoms. The first-order valence-corrected chi connectivity index (χ1v) is 18.9. The van der Waals surface area contributed by atoms with Crippen LogP contribution in [-0.4, -0.2) is 37.8 Å². The number of rotatable bonds is 7. The van der Waals surface area contributed by atoms with Crippen LogP contribution in [0, 0.1) is 27.7 Å². The molecular weight excluding hydrogens is 721 g/mol. The standard InChI is InChI=1S/C44H48F6NO2S/c1-23-18-24(2)33(25(3)19-23)37-27(5)34-31(39(43(45,46)47)44(48,49)50)21-51-36(38(34)54-37)30-20-32(40(6,7)8)28-14-12-13-15-29(28)35(30)41(9,16-17-53-11)42(51,10)26(4)22-52/h12-15,18-21,39,52H,4,16-17,22H2,1-3,5-11H3/q+1. The average molecular weight is 769 g/mol. The van der Waals surface area contributed by atoms with E-state index in [1.165, 1.54) is 11.3 Å². The second-order valence-electron chi connectivity index (χ2n) is 16.4. The van der Waals surface area contributed by atoms with Crippen molar-refractivity contribution in [3.05, 3.63) is 99.8 Å². The summed E-state index contributed by atoms with van der Waals surface area (Å²) in [6, 6.07) is 14.0. The van der Waals surface area contributed by atoms with Gasteiger partial charge in [-0.2, -0.15) is 30.9 Å². The van der Waals surface area contributed by atoms with Crippen LogP contribution >= 0.6 is 11.3 Å². The van der Waals surface area contributed by atoms with Gasteiger partial charge in [0.15, 0.2) is 17.7 Å². The number of alkyl halides is 6. The molecule has 0 amide bonds. The van der Waals surface area contributed by atoms with E-state index in [4.69, 9.17) is 4.74 Å². The zero-order valence-electron chi connectivity index (χ0n) is 32.5. The maximum absolute atomic E-state index is 15.0. The number of halogens is 6. The molecule has 10 heteroatoms. The van der Waals surface area contributed by atoms with Crippen molar-refractivity contribution < 1.29 is 40.8 Å². The van der Waals surface area contributed by atoms with Gasteiger partial charge in [0.05, 0.1) is 17.6 Å². The van der Waals surface area contributed by atoms with E-state index in [1.807, 2.05) is 58.0 Å². The zero-order chi connectivity index (χ0) is 40.1. The highest BCUT2D eigenvalue weighted by molar-refractivity contribution is 7.23. The molecule has 5 aromatic rings. The van der Waals surface area contributed by atoms with Gasteiger partial charge in [-0.3, -0.25) is 0 Å². The lowest BCUT2D eigenvalue weighted by Crippen LogP contribution is -2.69.